The van der Waals surface area contributed by atoms with Gasteiger partial charge in [0.05, 0.1) is 18.9 Å². The molecule has 1 heterocycles. The number of benzene rings is 2. The van der Waals surface area contributed by atoms with Gasteiger partial charge in [-0.15, -0.1) is 0 Å². The van der Waals surface area contributed by atoms with Gasteiger partial charge in [-0.2, -0.15) is 5.10 Å². The summed E-state index contributed by atoms with van der Waals surface area (Å²) in [6.45, 7) is 3.86. The Balaban J connectivity index is 1.76. The fourth-order valence-corrected chi connectivity index (χ4v) is 2.98. The van der Waals surface area contributed by atoms with Crippen molar-refractivity contribution in [1.29, 1.82) is 0 Å². The number of hydrazone groups is 1. The number of hydrogen-bond acceptors (Lipinski definition) is 4. The molecular formula is C21H21N3O3. The summed E-state index contributed by atoms with van der Waals surface area (Å²) in [4.78, 5) is 12.5. The molecule has 2 N–H and O–H groups in total. The Morgan fingerprint density at radius 1 is 1.15 bits per heavy atom. The SMILES string of the molecule is COc1ccc(/C=N/NC(=O)c2cc(C)n(-c3ccccc3)c2C)cc1O. The van der Waals surface area contributed by atoms with Gasteiger partial charge in [0.25, 0.3) is 5.91 Å². The third-order valence-electron chi connectivity index (χ3n) is 4.27. The summed E-state index contributed by atoms with van der Waals surface area (Å²) in [5.41, 5.74) is 6.55. The number of carbonyl (C=O) groups excluding carboxylic acids is 1. The lowest BCUT2D eigenvalue weighted by Gasteiger charge is -2.09. The van der Waals surface area contributed by atoms with Crippen LogP contribution in [-0.2, 0) is 0 Å². The van der Waals surface area contributed by atoms with Crippen molar-refractivity contribution in [2.75, 3.05) is 7.11 Å². The predicted octanol–water partition coefficient (Wildman–Crippen LogP) is 3.57. The van der Waals surface area contributed by atoms with E-state index in [4.69, 9.17) is 4.74 Å². The van der Waals surface area contributed by atoms with Crippen LogP contribution in [0.2, 0.25) is 0 Å². The third kappa shape index (κ3) is 3.84. The zero-order valence-electron chi connectivity index (χ0n) is 15.4. The molecule has 0 atom stereocenters. The standard InChI is InChI=1S/C21H21N3O3/c1-14-11-18(15(2)24(14)17-7-5-4-6-8-17)21(26)23-22-13-16-9-10-20(27-3)19(25)12-16/h4-13,25H,1-3H3,(H,23,26)/b22-13+. The maximum Gasteiger partial charge on any atom is 0.273 e. The number of aromatic hydroxyl groups is 1. The number of aromatic nitrogens is 1. The van der Waals surface area contributed by atoms with Crippen molar-refractivity contribution < 1.29 is 14.6 Å². The molecule has 138 valence electrons. The van der Waals surface area contributed by atoms with E-state index in [9.17, 15) is 9.90 Å². The third-order valence-corrected chi connectivity index (χ3v) is 4.27. The molecule has 0 aliphatic carbocycles. The van der Waals surface area contributed by atoms with Crippen LogP contribution in [0.3, 0.4) is 0 Å². The first kappa shape index (κ1) is 18.3. The Bertz CT molecular complexity index is 991. The van der Waals surface area contributed by atoms with Gasteiger partial charge in [-0.05, 0) is 55.8 Å². The molecular weight excluding hydrogens is 342 g/mol. The Hall–Kier alpha value is -3.54. The van der Waals surface area contributed by atoms with Gasteiger partial charge >= 0.3 is 0 Å². The molecule has 0 radical (unpaired) electrons. The molecule has 0 saturated heterocycles. The number of rotatable bonds is 5. The van der Waals surface area contributed by atoms with Gasteiger partial charge in [0.15, 0.2) is 11.5 Å². The molecule has 1 amide bonds. The molecule has 0 aliphatic heterocycles. The first-order valence-corrected chi connectivity index (χ1v) is 8.46. The predicted molar refractivity (Wildman–Crippen MR) is 105 cm³/mol. The zero-order chi connectivity index (χ0) is 19.4. The Labute approximate surface area is 157 Å². The van der Waals surface area contributed by atoms with Gasteiger partial charge in [-0.1, -0.05) is 18.2 Å². The number of para-hydroxylation sites is 1. The van der Waals surface area contributed by atoms with Gasteiger partial charge in [-0.3, -0.25) is 4.79 Å². The number of methoxy groups -OCH3 is 1. The first-order valence-electron chi connectivity index (χ1n) is 8.46. The van der Waals surface area contributed by atoms with Crippen LogP contribution in [0, 0.1) is 13.8 Å². The number of carbonyl (C=O) groups is 1. The molecule has 1 aromatic heterocycles. The zero-order valence-corrected chi connectivity index (χ0v) is 15.4. The Morgan fingerprint density at radius 3 is 2.56 bits per heavy atom. The monoisotopic (exact) mass is 363 g/mol. The van der Waals surface area contributed by atoms with Crippen LogP contribution in [0.1, 0.15) is 27.3 Å². The van der Waals surface area contributed by atoms with Crippen LogP contribution in [0.25, 0.3) is 5.69 Å². The lowest BCUT2D eigenvalue weighted by Crippen LogP contribution is -2.18. The van der Waals surface area contributed by atoms with Crippen molar-refractivity contribution >= 4 is 12.1 Å². The fraction of sp³-hybridized carbons (Fsp3) is 0.143. The summed E-state index contributed by atoms with van der Waals surface area (Å²) < 4.78 is 7.03. The maximum absolute atomic E-state index is 12.5. The van der Waals surface area contributed by atoms with Crippen LogP contribution in [0.4, 0.5) is 0 Å². The van der Waals surface area contributed by atoms with Crippen LogP contribution in [0.15, 0.2) is 59.7 Å². The van der Waals surface area contributed by atoms with Crippen LogP contribution >= 0.6 is 0 Å². The fourth-order valence-electron chi connectivity index (χ4n) is 2.98. The van der Waals surface area contributed by atoms with Gasteiger partial charge in [0.2, 0.25) is 0 Å². The second kappa shape index (κ2) is 7.78. The van der Waals surface area contributed by atoms with Crippen LogP contribution < -0.4 is 10.2 Å². The lowest BCUT2D eigenvalue weighted by atomic mass is 10.2. The number of aryl methyl sites for hydroxylation is 1. The van der Waals surface area contributed by atoms with E-state index in [0.29, 0.717) is 16.9 Å². The smallest absolute Gasteiger partial charge is 0.273 e. The van der Waals surface area contributed by atoms with Gasteiger partial charge in [-0.25, -0.2) is 5.43 Å². The van der Waals surface area contributed by atoms with Crippen molar-refractivity contribution in [3.63, 3.8) is 0 Å². The maximum atomic E-state index is 12.5. The van der Waals surface area contributed by atoms with Gasteiger partial charge < -0.3 is 14.4 Å². The van der Waals surface area contributed by atoms with E-state index in [-0.39, 0.29) is 11.7 Å². The number of nitrogens with zero attached hydrogens (tertiary/aromatic N) is 2. The molecule has 6 nitrogen and oxygen atoms in total. The molecule has 6 heteroatoms. The molecule has 2 aromatic carbocycles. The van der Waals surface area contributed by atoms with Crippen LogP contribution in [-0.4, -0.2) is 28.9 Å². The molecule has 3 rings (SSSR count). The second-order valence-corrected chi connectivity index (χ2v) is 6.09. The number of phenols is 1. The van der Waals surface area contributed by atoms with E-state index in [0.717, 1.165) is 17.1 Å². The Kier molecular flexibility index (Phi) is 5.26. The molecule has 27 heavy (non-hydrogen) atoms. The van der Waals surface area contributed by atoms with Gasteiger partial charge in [0, 0.05) is 17.1 Å². The summed E-state index contributed by atoms with van der Waals surface area (Å²) in [6, 6.07) is 16.6. The van der Waals surface area contributed by atoms with E-state index in [1.165, 1.54) is 19.4 Å². The van der Waals surface area contributed by atoms with Crippen molar-refractivity contribution in [2.24, 2.45) is 5.10 Å². The average Bonchev–Trinajstić information content (AvgIpc) is 2.97. The average molecular weight is 363 g/mol. The van der Waals surface area contributed by atoms with E-state index >= 15 is 0 Å². The van der Waals surface area contributed by atoms with Crippen molar-refractivity contribution in [1.82, 2.24) is 9.99 Å². The largest absolute Gasteiger partial charge is 0.504 e. The Morgan fingerprint density at radius 2 is 1.89 bits per heavy atom. The van der Waals surface area contributed by atoms with E-state index in [2.05, 4.69) is 10.5 Å². The number of nitrogens with one attached hydrogen (secondary N) is 1. The highest BCUT2D eigenvalue weighted by molar-refractivity contribution is 5.96. The second-order valence-electron chi connectivity index (χ2n) is 6.09. The number of hydrogen-bond donors (Lipinski definition) is 2. The van der Waals surface area contributed by atoms with Crippen LogP contribution in [0.5, 0.6) is 11.5 Å². The number of amides is 1. The summed E-state index contributed by atoms with van der Waals surface area (Å²) in [5.74, 6) is 0.1000. The summed E-state index contributed by atoms with van der Waals surface area (Å²) in [5, 5.41) is 13.8. The number of ether oxygens (including phenoxy) is 1. The highest BCUT2D eigenvalue weighted by Gasteiger charge is 2.16. The molecule has 0 saturated carbocycles. The minimum Gasteiger partial charge on any atom is -0.504 e. The topological polar surface area (TPSA) is 75.8 Å². The molecule has 0 fully saturated rings. The minimum atomic E-state index is -0.292. The first-order chi connectivity index (χ1) is 13.0. The van der Waals surface area contributed by atoms with E-state index in [1.54, 1.807) is 12.1 Å². The van der Waals surface area contributed by atoms with E-state index < -0.39 is 0 Å². The highest BCUT2D eigenvalue weighted by Crippen LogP contribution is 2.25. The molecule has 0 spiro atoms. The normalized spacial score (nSPS) is 10.9. The minimum absolute atomic E-state index is 0.0131. The molecule has 0 bridgehead atoms. The van der Waals surface area contributed by atoms with Crippen molar-refractivity contribution in [3.8, 4) is 17.2 Å². The summed E-state index contributed by atoms with van der Waals surface area (Å²) >= 11 is 0. The van der Waals surface area contributed by atoms with Crippen molar-refractivity contribution in [3.05, 3.63) is 77.1 Å². The van der Waals surface area contributed by atoms with Gasteiger partial charge in [0.1, 0.15) is 0 Å². The van der Waals surface area contributed by atoms with E-state index in [1.807, 2.05) is 54.8 Å². The van der Waals surface area contributed by atoms with Crippen molar-refractivity contribution in [2.45, 2.75) is 13.8 Å². The quantitative estimate of drug-likeness (QED) is 0.537. The lowest BCUT2D eigenvalue weighted by molar-refractivity contribution is 0.0954. The molecule has 0 aliphatic rings. The molecule has 0 unspecified atom stereocenters. The summed E-state index contributed by atoms with van der Waals surface area (Å²) in [6.07, 6.45) is 1.47. The summed E-state index contributed by atoms with van der Waals surface area (Å²) in [7, 11) is 1.48. The molecule has 3 aromatic rings. The highest BCUT2D eigenvalue weighted by atomic mass is 16.5. The number of phenolic OH excluding ortho intramolecular Hbond substituents is 1.